The Morgan fingerprint density at radius 3 is 3.22 bits per heavy atom. The lowest BCUT2D eigenvalue weighted by molar-refractivity contribution is -0.0236. The van der Waals surface area contributed by atoms with Gasteiger partial charge in [0.05, 0.1) is 18.7 Å². The van der Waals surface area contributed by atoms with E-state index in [0.717, 1.165) is 19.7 Å². The maximum absolute atomic E-state index is 5.51. The molecule has 2 aromatic heterocycles. The fraction of sp³-hybridized carbons (Fsp3) is 0.545. The molecule has 2 aromatic rings. The van der Waals surface area contributed by atoms with Crippen LogP contribution >= 0.6 is 11.3 Å². The van der Waals surface area contributed by atoms with Gasteiger partial charge in [0, 0.05) is 24.2 Å². The van der Waals surface area contributed by atoms with Gasteiger partial charge < -0.3 is 9.26 Å². The minimum atomic E-state index is 0.0436. The molecule has 1 fully saturated rings. The Morgan fingerprint density at radius 1 is 1.56 bits per heavy atom. The number of aryl methyl sites for hydroxylation is 1. The molecule has 0 aromatic carbocycles. The molecule has 3 heterocycles. The van der Waals surface area contributed by atoms with E-state index < -0.39 is 0 Å². The first-order valence-electron chi connectivity index (χ1n) is 5.82. The van der Waals surface area contributed by atoms with E-state index in [4.69, 9.17) is 9.26 Å². The molecule has 0 spiro atoms. The highest BCUT2D eigenvalue weighted by Crippen LogP contribution is 2.25. The first-order chi connectivity index (χ1) is 8.83. The zero-order valence-corrected chi connectivity index (χ0v) is 10.9. The Kier molecular flexibility index (Phi) is 3.35. The summed E-state index contributed by atoms with van der Waals surface area (Å²) in [4.78, 5) is 11.9. The van der Waals surface area contributed by atoms with Gasteiger partial charge in [0.1, 0.15) is 6.04 Å². The van der Waals surface area contributed by atoms with Gasteiger partial charge in [-0.25, -0.2) is 0 Å². The Labute approximate surface area is 109 Å². The van der Waals surface area contributed by atoms with Crippen LogP contribution in [0.15, 0.2) is 16.2 Å². The number of hydrogen-bond donors (Lipinski definition) is 0. The highest BCUT2D eigenvalue weighted by Gasteiger charge is 2.29. The van der Waals surface area contributed by atoms with Gasteiger partial charge in [-0.2, -0.15) is 4.98 Å². The molecule has 1 atom stereocenters. The van der Waals surface area contributed by atoms with Crippen molar-refractivity contribution >= 4 is 11.3 Å². The summed E-state index contributed by atoms with van der Waals surface area (Å²) in [5, 5.41) is 3.85. The van der Waals surface area contributed by atoms with Crippen LogP contribution in [0.5, 0.6) is 0 Å². The van der Waals surface area contributed by atoms with Crippen LogP contribution in [0.4, 0.5) is 0 Å². The van der Waals surface area contributed by atoms with E-state index in [1.165, 1.54) is 4.88 Å². The zero-order chi connectivity index (χ0) is 12.4. The zero-order valence-electron chi connectivity index (χ0n) is 10.1. The summed E-state index contributed by atoms with van der Waals surface area (Å²) in [6.45, 7) is 4.87. The van der Waals surface area contributed by atoms with Gasteiger partial charge in [0.25, 0.3) is 0 Å². The van der Waals surface area contributed by atoms with E-state index in [1.54, 1.807) is 11.3 Å². The van der Waals surface area contributed by atoms with Crippen molar-refractivity contribution in [3.63, 3.8) is 0 Å². The van der Waals surface area contributed by atoms with Gasteiger partial charge in [0.2, 0.25) is 5.89 Å². The van der Waals surface area contributed by atoms with Gasteiger partial charge >= 0.3 is 0 Å². The summed E-state index contributed by atoms with van der Waals surface area (Å²) < 4.78 is 10.8. The third-order valence-corrected chi connectivity index (χ3v) is 3.67. The van der Waals surface area contributed by atoms with Crippen LogP contribution < -0.4 is 0 Å². The minimum absolute atomic E-state index is 0.0436. The third kappa shape index (κ3) is 2.43. The number of nitrogens with zero attached hydrogens (tertiary/aromatic N) is 4. The summed E-state index contributed by atoms with van der Waals surface area (Å²) in [7, 11) is 0. The molecular weight excluding hydrogens is 252 g/mol. The van der Waals surface area contributed by atoms with Gasteiger partial charge in [-0.15, -0.1) is 11.3 Å². The van der Waals surface area contributed by atoms with Gasteiger partial charge in [-0.05, 0) is 6.92 Å². The molecule has 7 heteroatoms. The standard InChI is InChI=1S/C11H14N4O2S/c1-8-13-11(17-14-8)10-6-16-3-2-15(10)5-9-4-12-7-18-9/h4,7,10H,2-3,5-6H2,1H3. The fourth-order valence-corrected chi connectivity index (χ4v) is 2.64. The Hall–Kier alpha value is -1.31. The summed E-state index contributed by atoms with van der Waals surface area (Å²) in [5.74, 6) is 1.30. The van der Waals surface area contributed by atoms with E-state index in [9.17, 15) is 0 Å². The molecule has 6 nitrogen and oxygen atoms in total. The number of rotatable bonds is 3. The Morgan fingerprint density at radius 2 is 2.50 bits per heavy atom. The molecular formula is C11H14N4O2S. The second-order valence-corrected chi connectivity index (χ2v) is 5.18. The predicted molar refractivity (Wildman–Crippen MR) is 65.1 cm³/mol. The maximum atomic E-state index is 5.51. The van der Waals surface area contributed by atoms with Crippen molar-refractivity contribution in [2.75, 3.05) is 19.8 Å². The molecule has 1 aliphatic rings. The maximum Gasteiger partial charge on any atom is 0.246 e. The van der Waals surface area contributed by atoms with Gasteiger partial charge in [0.15, 0.2) is 5.82 Å². The molecule has 18 heavy (non-hydrogen) atoms. The molecule has 0 radical (unpaired) electrons. The van der Waals surface area contributed by atoms with Crippen LogP contribution in [0, 0.1) is 6.92 Å². The lowest BCUT2D eigenvalue weighted by Gasteiger charge is -2.32. The highest BCUT2D eigenvalue weighted by atomic mass is 32.1. The van der Waals surface area contributed by atoms with Gasteiger partial charge in [-0.1, -0.05) is 5.16 Å². The van der Waals surface area contributed by atoms with Crippen LogP contribution in [0.25, 0.3) is 0 Å². The average Bonchev–Trinajstić information content (AvgIpc) is 3.02. The molecule has 0 saturated carbocycles. The number of morpholine rings is 1. The molecule has 96 valence electrons. The van der Waals surface area contributed by atoms with Crippen molar-refractivity contribution < 1.29 is 9.26 Å². The predicted octanol–water partition coefficient (Wildman–Crippen LogP) is 1.41. The number of aromatic nitrogens is 3. The molecule has 0 N–H and O–H groups in total. The molecule has 0 aliphatic carbocycles. The Bertz CT molecular complexity index is 499. The minimum Gasteiger partial charge on any atom is -0.378 e. The van der Waals surface area contributed by atoms with Crippen molar-refractivity contribution in [1.29, 1.82) is 0 Å². The number of thiazole rings is 1. The van der Waals surface area contributed by atoms with Crippen molar-refractivity contribution in [2.24, 2.45) is 0 Å². The first-order valence-corrected chi connectivity index (χ1v) is 6.70. The van der Waals surface area contributed by atoms with E-state index in [0.29, 0.717) is 18.3 Å². The Balaban J connectivity index is 1.77. The topological polar surface area (TPSA) is 64.3 Å². The summed E-state index contributed by atoms with van der Waals surface area (Å²) in [6.07, 6.45) is 1.90. The SMILES string of the molecule is Cc1noc(C2COCCN2Cc2cncs2)n1. The molecule has 0 amide bonds. The van der Waals surface area contributed by atoms with Crippen LogP contribution in [0.1, 0.15) is 22.6 Å². The highest BCUT2D eigenvalue weighted by molar-refractivity contribution is 7.09. The van der Waals surface area contributed by atoms with Crippen LogP contribution in [-0.4, -0.2) is 39.8 Å². The molecule has 1 saturated heterocycles. The van der Waals surface area contributed by atoms with Crippen molar-refractivity contribution in [3.05, 3.63) is 28.3 Å². The molecule has 1 aliphatic heterocycles. The van der Waals surface area contributed by atoms with Crippen LogP contribution in [-0.2, 0) is 11.3 Å². The summed E-state index contributed by atoms with van der Waals surface area (Å²) >= 11 is 1.66. The second kappa shape index (κ2) is 5.13. The van der Waals surface area contributed by atoms with Crippen LogP contribution in [0.3, 0.4) is 0 Å². The molecule has 0 bridgehead atoms. The normalized spacial score (nSPS) is 21.3. The largest absolute Gasteiger partial charge is 0.378 e. The second-order valence-electron chi connectivity index (χ2n) is 4.21. The van der Waals surface area contributed by atoms with Crippen LogP contribution in [0.2, 0.25) is 0 Å². The smallest absolute Gasteiger partial charge is 0.246 e. The number of hydrogen-bond acceptors (Lipinski definition) is 7. The third-order valence-electron chi connectivity index (χ3n) is 2.91. The van der Waals surface area contributed by atoms with E-state index in [-0.39, 0.29) is 6.04 Å². The van der Waals surface area contributed by atoms with E-state index >= 15 is 0 Å². The average molecular weight is 266 g/mol. The lowest BCUT2D eigenvalue weighted by atomic mass is 10.2. The lowest BCUT2D eigenvalue weighted by Crippen LogP contribution is -2.39. The van der Waals surface area contributed by atoms with E-state index in [1.807, 2.05) is 18.6 Å². The van der Waals surface area contributed by atoms with Crippen molar-refractivity contribution in [3.8, 4) is 0 Å². The summed E-state index contributed by atoms with van der Waals surface area (Å²) in [5.41, 5.74) is 1.85. The van der Waals surface area contributed by atoms with Crippen molar-refractivity contribution in [2.45, 2.75) is 19.5 Å². The quantitative estimate of drug-likeness (QED) is 0.837. The monoisotopic (exact) mass is 266 g/mol. The first kappa shape index (κ1) is 11.8. The summed E-state index contributed by atoms with van der Waals surface area (Å²) in [6, 6.07) is 0.0436. The van der Waals surface area contributed by atoms with Gasteiger partial charge in [-0.3, -0.25) is 9.88 Å². The van der Waals surface area contributed by atoms with Crippen molar-refractivity contribution in [1.82, 2.24) is 20.0 Å². The van der Waals surface area contributed by atoms with E-state index in [2.05, 4.69) is 20.0 Å². The molecule has 1 unspecified atom stereocenters. The number of ether oxygens (including phenoxy) is 1. The fourth-order valence-electron chi connectivity index (χ4n) is 2.02. The molecule has 3 rings (SSSR count).